The molecule has 108 valence electrons. The first kappa shape index (κ1) is 14.6. The predicted molar refractivity (Wildman–Crippen MR) is 71.9 cm³/mol. The number of rotatable bonds is 1. The standard InChI is InChI=1S/C12H12F3N3OS/c1-7-2-4-8(5-3-7)9-6-11(19,12(13,14)15)18(17-9)10(16)20/h2-6,17,19H,1H3,(H2,16,20). The van der Waals surface area contributed by atoms with E-state index in [9.17, 15) is 18.3 Å². The monoisotopic (exact) mass is 303 g/mol. The summed E-state index contributed by atoms with van der Waals surface area (Å²) in [4.78, 5) is 0. The van der Waals surface area contributed by atoms with Crippen molar-refractivity contribution in [3.63, 3.8) is 0 Å². The maximum atomic E-state index is 13.0. The Bertz CT molecular complexity index is 570. The average Bonchev–Trinajstić information content (AvgIpc) is 2.69. The largest absolute Gasteiger partial charge is 0.442 e. The minimum absolute atomic E-state index is 0.0811. The molecule has 8 heteroatoms. The van der Waals surface area contributed by atoms with Crippen molar-refractivity contribution in [2.45, 2.75) is 18.8 Å². The number of halogens is 3. The fourth-order valence-electron chi connectivity index (χ4n) is 1.82. The van der Waals surface area contributed by atoms with Crippen molar-refractivity contribution in [1.82, 2.24) is 10.4 Å². The number of benzene rings is 1. The molecule has 1 aromatic rings. The molecular weight excluding hydrogens is 291 g/mol. The number of nitrogens with zero attached hydrogens (tertiary/aromatic N) is 1. The first-order valence-electron chi connectivity index (χ1n) is 5.60. The Morgan fingerprint density at radius 3 is 2.30 bits per heavy atom. The second-order valence-corrected chi connectivity index (χ2v) is 4.85. The van der Waals surface area contributed by atoms with Gasteiger partial charge in [0.1, 0.15) is 0 Å². The third kappa shape index (κ3) is 2.32. The normalized spacial score (nSPS) is 22.4. The van der Waals surface area contributed by atoms with Crippen LogP contribution in [0.1, 0.15) is 11.1 Å². The molecule has 1 aliphatic heterocycles. The molecule has 0 fully saturated rings. The molecule has 0 aromatic heterocycles. The lowest BCUT2D eigenvalue weighted by molar-refractivity contribution is -0.279. The Hall–Kier alpha value is -1.80. The highest BCUT2D eigenvalue weighted by Crippen LogP contribution is 2.39. The van der Waals surface area contributed by atoms with E-state index in [1.807, 2.05) is 6.92 Å². The van der Waals surface area contributed by atoms with Crippen molar-refractivity contribution in [2.75, 3.05) is 0 Å². The fraction of sp³-hybridized carbons (Fsp3) is 0.250. The Kier molecular flexibility index (Phi) is 3.39. The van der Waals surface area contributed by atoms with Crippen molar-refractivity contribution in [3.05, 3.63) is 41.5 Å². The second kappa shape index (κ2) is 4.64. The third-order valence-corrected chi connectivity index (χ3v) is 3.10. The predicted octanol–water partition coefficient (Wildman–Crippen LogP) is 1.65. The van der Waals surface area contributed by atoms with E-state index in [2.05, 4.69) is 17.6 Å². The minimum Gasteiger partial charge on any atom is -0.375 e. The number of thiocarbonyl (C=S) groups is 1. The van der Waals surface area contributed by atoms with Crippen LogP contribution in [-0.2, 0) is 0 Å². The van der Waals surface area contributed by atoms with Gasteiger partial charge in [-0.2, -0.15) is 13.2 Å². The number of nitrogens with one attached hydrogen (secondary N) is 1. The molecule has 4 nitrogen and oxygen atoms in total. The Morgan fingerprint density at radius 1 is 1.35 bits per heavy atom. The Labute approximate surface area is 118 Å². The molecule has 0 saturated heterocycles. The first-order valence-corrected chi connectivity index (χ1v) is 6.01. The highest BCUT2D eigenvalue weighted by atomic mass is 32.1. The topological polar surface area (TPSA) is 61.5 Å². The van der Waals surface area contributed by atoms with Gasteiger partial charge in [-0.25, -0.2) is 5.01 Å². The molecule has 1 unspecified atom stereocenters. The number of aryl methyl sites for hydroxylation is 1. The van der Waals surface area contributed by atoms with E-state index in [-0.39, 0.29) is 5.70 Å². The summed E-state index contributed by atoms with van der Waals surface area (Å²) in [5.74, 6) is 0. The fourth-order valence-corrected chi connectivity index (χ4v) is 2.00. The van der Waals surface area contributed by atoms with Gasteiger partial charge in [-0.05, 0) is 24.7 Å². The van der Waals surface area contributed by atoms with Gasteiger partial charge in [-0.15, -0.1) is 0 Å². The van der Waals surface area contributed by atoms with Crippen LogP contribution in [0.3, 0.4) is 0 Å². The lowest BCUT2D eigenvalue weighted by Crippen LogP contribution is -2.61. The summed E-state index contributed by atoms with van der Waals surface area (Å²) in [6.45, 7) is 1.85. The van der Waals surface area contributed by atoms with Gasteiger partial charge in [0.2, 0.25) is 0 Å². The molecule has 1 heterocycles. The van der Waals surface area contributed by atoms with Crippen LogP contribution in [0, 0.1) is 6.92 Å². The van der Waals surface area contributed by atoms with Crippen LogP contribution in [0.4, 0.5) is 13.2 Å². The van der Waals surface area contributed by atoms with Crippen LogP contribution >= 0.6 is 12.2 Å². The van der Waals surface area contributed by atoms with Gasteiger partial charge < -0.3 is 10.8 Å². The lowest BCUT2D eigenvalue weighted by Gasteiger charge is -2.33. The maximum Gasteiger partial charge on any atom is 0.442 e. The molecule has 4 N–H and O–H groups in total. The summed E-state index contributed by atoms with van der Waals surface area (Å²) in [6.07, 6.45) is -4.30. The quantitative estimate of drug-likeness (QED) is 0.689. The number of alkyl halides is 3. The zero-order valence-electron chi connectivity index (χ0n) is 10.4. The molecule has 0 aliphatic carbocycles. The number of hydrogen-bond donors (Lipinski definition) is 3. The van der Waals surface area contributed by atoms with Crippen LogP contribution in [0.25, 0.3) is 5.70 Å². The van der Waals surface area contributed by atoms with Crippen LogP contribution < -0.4 is 11.2 Å². The number of nitrogens with two attached hydrogens (primary N) is 1. The summed E-state index contributed by atoms with van der Waals surface area (Å²) >= 11 is 4.54. The summed E-state index contributed by atoms with van der Waals surface area (Å²) in [5, 5.41) is 9.55. The van der Waals surface area contributed by atoms with Crippen molar-refractivity contribution in [1.29, 1.82) is 0 Å². The molecular formula is C12H12F3N3OS. The highest BCUT2D eigenvalue weighted by Gasteiger charge is 2.60. The summed E-state index contributed by atoms with van der Waals surface area (Å²) in [5.41, 5.74) is 5.88. The third-order valence-electron chi connectivity index (χ3n) is 2.92. The van der Waals surface area contributed by atoms with E-state index in [0.29, 0.717) is 16.6 Å². The maximum absolute atomic E-state index is 13.0. The van der Waals surface area contributed by atoms with Gasteiger partial charge in [0.05, 0.1) is 5.70 Å². The molecule has 1 aliphatic rings. The van der Waals surface area contributed by atoms with Crippen molar-refractivity contribution >= 4 is 23.0 Å². The van der Waals surface area contributed by atoms with Gasteiger partial charge in [0.15, 0.2) is 5.11 Å². The van der Waals surface area contributed by atoms with E-state index in [4.69, 9.17) is 5.73 Å². The summed E-state index contributed by atoms with van der Waals surface area (Å²) in [6, 6.07) is 6.75. The zero-order valence-corrected chi connectivity index (χ0v) is 11.2. The van der Waals surface area contributed by atoms with Crippen molar-refractivity contribution in [3.8, 4) is 0 Å². The lowest BCUT2D eigenvalue weighted by atomic mass is 10.1. The molecule has 0 radical (unpaired) electrons. The first-order chi connectivity index (χ1) is 9.15. The van der Waals surface area contributed by atoms with Gasteiger partial charge in [0, 0.05) is 6.08 Å². The molecule has 0 amide bonds. The van der Waals surface area contributed by atoms with Crippen molar-refractivity contribution in [2.24, 2.45) is 5.73 Å². The molecule has 1 atom stereocenters. The molecule has 0 bridgehead atoms. The van der Waals surface area contributed by atoms with E-state index in [1.165, 1.54) is 0 Å². The smallest absolute Gasteiger partial charge is 0.375 e. The number of hydrogen-bond acceptors (Lipinski definition) is 3. The SMILES string of the molecule is Cc1ccc(C2=CC(O)(C(F)(F)F)N(C(N)=S)N2)cc1. The number of hydrazine groups is 1. The molecule has 2 rings (SSSR count). The van der Waals surface area contributed by atoms with Crippen LogP contribution in [0.5, 0.6) is 0 Å². The highest BCUT2D eigenvalue weighted by molar-refractivity contribution is 7.80. The van der Waals surface area contributed by atoms with Gasteiger partial charge in [-0.3, -0.25) is 5.43 Å². The van der Waals surface area contributed by atoms with E-state index < -0.39 is 17.0 Å². The van der Waals surface area contributed by atoms with Gasteiger partial charge >= 0.3 is 6.18 Å². The zero-order chi connectivity index (χ0) is 15.1. The molecule has 0 saturated carbocycles. The van der Waals surface area contributed by atoms with E-state index in [1.54, 1.807) is 24.3 Å². The molecule has 20 heavy (non-hydrogen) atoms. The van der Waals surface area contributed by atoms with Crippen LogP contribution in [-0.4, -0.2) is 27.1 Å². The van der Waals surface area contributed by atoms with Crippen LogP contribution in [0.15, 0.2) is 30.3 Å². The second-order valence-electron chi connectivity index (χ2n) is 4.43. The summed E-state index contributed by atoms with van der Waals surface area (Å²) in [7, 11) is 0. The Morgan fingerprint density at radius 2 is 1.90 bits per heavy atom. The molecule has 1 aromatic carbocycles. The average molecular weight is 303 g/mol. The van der Waals surface area contributed by atoms with Crippen LogP contribution in [0.2, 0.25) is 0 Å². The molecule has 0 spiro atoms. The van der Waals surface area contributed by atoms with Gasteiger partial charge in [-0.1, -0.05) is 29.8 Å². The number of aliphatic hydroxyl groups is 1. The Balaban J connectivity index is 2.45. The van der Waals surface area contributed by atoms with Crippen molar-refractivity contribution < 1.29 is 18.3 Å². The minimum atomic E-state index is -4.95. The van der Waals surface area contributed by atoms with E-state index in [0.717, 1.165) is 5.56 Å². The van der Waals surface area contributed by atoms with E-state index >= 15 is 0 Å². The summed E-state index contributed by atoms with van der Waals surface area (Å²) < 4.78 is 39.1. The van der Waals surface area contributed by atoms with Gasteiger partial charge in [0.25, 0.3) is 5.72 Å².